The Balaban J connectivity index is 1.75. The van der Waals surface area contributed by atoms with E-state index in [0.29, 0.717) is 5.95 Å². The van der Waals surface area contributed by atoms with Crippen LogP contribution in [-0.2, 0) is 0 Å². The molecule has 2 aromatic carbocycles. The molecule has 0 unspecified atom stereocenters. The number of hydrogen-bond donors (Lipinski definition) is 1. The zero-order valence-corrected chi connectivity index (χ0v) is 12.7. The molecule has 6 nitrogen and oxygen atoms in total. The van der Waals surface area contributed by atoms with E-state index in [4.69, 9.17) is 0 Å². The topological polar surface area (TPSA) is 68.0 Å². The summed E-state index contributed by atoms with van der Waals surface area (Å²) in [5, 5.41) is 18.8. The normalized spacial score (nSPS) is 11.0. The molecule has 0 saturated carbocycles. The number of rotatable bonds is 5. The number of benzene rings is 2. The average Bonchev–Trinajstić information content (AvgIpc) is 3.01. The maximum Gasteiger partial charge on any atom is 0.269 e. The summed E-state index contributed by atoms with van der Waals surface area (Å²) in [4.78, 5) is 2.57. The van der Waals surface area contributed by atoms with Crippen LogP contribution in [0.5, 0.6) is 0 Å². The summed E-state index contributed by atoms with van der Waals surface area (Å²) in [6.45, 7) is 0. The quantitative estimate of drug-likeness (QED) is 0.579. The number of para-hydroxylation sites is 1. The number of thioether (sulfide) groups is 1. The van der Waals surface area contributed by atoms with Crippen LogP contribution in [0.3, 0.4) is 0 Å². The highest BCUT2D eigenvalue weighted by atomic mass is 32.2. The molecule has 0 aliphatic heterocycles. The number of nitrogens with zero attached hydrogens (tertiary/aromatic N) is 5. The molecule has 0 radical (unpaired) electrons. The lowest BCUT2D eigenvalue weighted by molar-refractivity contribution is 0.699. The van der Waals surface area contributed by atoms with E-state index in [-0.39, 0.29) is 0 Å². The van der Waals surface area contributed by atoms with Crippen molar-refractivity contribution in [3.05, 3.63) is 60.2 Å². The van der Waals surface area contributed by atoms with Gasteiger partial charge in [-0.2, -0.15) is 5.10 Å². The maximum absolute atomic E-state index is 4.27. The second kappa shape index (κ2) is 6.86. The summed E-state index contributed by atoms with van der Waals surface area (Å²) in [5.74, 6) is 0.461. The summed E-state index contributed by atoms with van der Waals surface area (Å²) in [7, 11) is 0. The van der Waals surface area contributed by atoms with Gasteiger partial charge in [0.05, 0.1) is 6.21 Å². The van der Waals surface area contributed by atoms with Gasteiger partial charge in [-0.1, -0.05) is 40.2 Å². The van der Waals surface area contributed by atoms with E-state index in [0.717, 1.165) is 11.3 Å². The predicted molar refractivity (Wildman–Crippen MR) is 88.8 cm³/mol. The molecule has 0 aliphatic carbocycles. The first-order chi connectivity index (χ1) is 10.8. The molecular formula is C15H14N6S. The van der Waals surface area contributed by atoms with E-state index in [1.54, 1.807) is 18.0 Å². The number of nitrogens with one attached hydrogen (secondary N) is 1. The lowest BCUT2D eigenvalue weighted by atomic mass is 10.2. The molecule has 0 saturated heterocycles. The SMILES string of the molecule is CSc1ccc(/C=N/n2nnnc2Nc2ccccc2)cc1. The average molecular weight is 310 g/mol. The van der Waals surface area contributed by atoms with E-state index in [9.17, 15) is 0 Å². The standard InChI is InChI=1S/C15H14N6S/c1-22-14-9-7-12(8-10-14)11-16-21-15(18-19-20-21)17-13-5-3-2-4-6-13/h2-11H,1H3,(H,17,18,20)/b16-11+. The van der Waals surface area contributed by atoms with Gasteiger partial charge in [-0.25, -0.2) is 0 Å². The van der Waals surface area contributed by atoms with E-state index in [1.807, 2.05) is 48.7 Å². The lowest BCUT2D eigenvalue weighted by Crippen LogP contribution is -2.01. The van der Waals surface area contributed by atoms with Crippen molar-refractivity contribution in [2.45, 2.75) is 4.90 Å². The zero-order valence-electron chi connectivity index (χ0n) is 11.9. The highest BCUT2D eigenvalue weighted by Gasteiger charge is 2.04. The van der Waals surface area contributed by atoms with Gasteiger partial charge in [-0.15, -0.1) is 11.8 Å². The van der Waals surface area contributed by atoms with Crippen LogP contribution in [0.2, 0.25) is 0 Å². The Morgan fingerprint density at radius 1 is 1.09 bits per heavy atom. The van der Waals surface area contributed by atoms with Gasteiger partial charge in [0.15, 0.2) is 0 Å². The summed E-state index contributed by atoms with van der Waals surface area (Å²) >= 11 is 1.70. The molecule has 1 N–H and O–H groups in total. The van der Waals surface area contributed by atoms with Gasteiger partial charge in [-0.3, -0.25) is 0 Å². The fourth-order valence-electron chi connectivity index (χ4n) is 1.80. The van der Waals surface area contributed by atoms with Gasteiger partial charge in [0.1, 0.15) is 0 Å². The van der Waals surface area contributed by atoms with Crippen LogP contribution in [0.25, 0.3) is 0 Å². The highest BCUT2D eigenvalue weighted by molar-refractivity contribution is 7.98. The Labute approximate surface area is 132 Å². The minimum Gasteiger partial charge on any atom is -0.321 e. The van der Waals surface area contributed by atoms with Crippen molar-refractivity contribution < 1.29 is 0 Å². The molecule has 22 heavy (non-hydrogen) atoms. The third-order valence-corrected chi connectivity index (χ3v) is 3.66. The van der Waals surface area contributed by atoms with E-state index in [2.05, 4.69) is 38.1 Å². The van der Waals surface area contributed by atoms with Gasteiger partial charge in [-0.05, 0) is 46.5 Å². The molecule has 0 atom stereocenters. The summed E-state index contributed by atoms with van der Waals surface area (Å²) in [6, 6.07) is 17.8. The van der Waals surface area contributed by atoms with Crippen LogP contribution in [0.1, 0.15) is 5.56 Å². The van der Waals surface area contributed by atoms with Gasteiger partial charge in [0.2, 0.25) is 0 Å². The van der Waals surface area contributed by atoms with Crippen LogP contribution in [0, 0.1) is 0 Å². The van der Waals surface area contributed by atoms with Crippen LogP contribution in [0.4, 0.5) is 11.6 Å². The lowest BCUT2D eigenvalue weighted by Gasteiger charge is -2.02. The van der Waals surface area contributed by atoms with E-state index in [1.165, 1.54) is 9.69 Å². The molecule has 3 aromatic rings. The third kappa shape index (κ3) is 3.50. The Hall–Kier alpha value is -2.67. The Morgan fingerprint density at radius 2 is 1.86 bits per heavy atom. The second-order valence-corrected chi connectivity index (χ2v) is 5.28. The van der Waals surface area contributed by atoms with Crippen molar-refractivity contribution >= 4 is 29.6 Å². The van der Waals surface area contributed by atoms with Crippen molar-refractivity contribution in [2.24, 2.45) is 5.10 Å². The van der Waals surface area contributed by atoms with Gasteiger partial charge >= 0.3 is 0 Å². The van der Waals surface area contributed by atoms with Crippen molar-refractivity contribution in [3.8, 4) is 0 Å². The molecule has 1 heterocycles. The molecule has 110 valence electrons. The number of anilines is 2. The van der Waals surface area contributed by atoms with Crippen molar-refractivity contribution in [3.63, 3.8) is 0 Å². The van der Waals surface area contributed by atoms with E-state index < -0.39 is 0 Å². The smallest absolute Gasteiger partial charge is 0.269 e. The predicted octanol–water partition coefficient (Wildman–Crippen LogP) is 3.02. The Morgan fingerprint density at radius 3 is 2.59 bits per heavy atom. The van der Waals surface area contributed by atoms with Gasteiger partial charge in [0.25, 0.3) is 5.95 Å². The molecule has 0 bridgehead atoms. The monoisotopic (exact) mass is 310 g/mol. The number of aromatic nitrogens is 4. The largest absolute Gasteiger partial charge is 0.321 e. The van der Waals surface area contributed by atoms with Crippen molar-refractivity contribution in [2.75, 3.05) is 11.6 Å². The molecule has 7 heteroatoms. The first-order valence-electron chi connectivity index (χ1n) is 6.64. The van der Waals surface area contributed by atoms with Gasteiger partial charge < -0.3 is 5.32 Å². The summed E-state index contributed by atoms with van der Waals surface area (Å²) in [5.41, 5.74) is 1.89. The Bertz CT molecular complexity index is 751. The molecule has 0 spiro atoms. The number of hydrogen-bond acceptors (Lipinski definition) is 6. The van der Waals surface area contributed by atoms with Crippen LogP contribution in [0.15, 0.2) is 64.6 Å². The number of tetrazole rings is 1. The third-order valence-electron chi connectivity index (χ3n) is 2.92. The molecule has 0 amide bonds. The minimum atomic E-state index is 0.461. The fourth-order valence-corrected chi connectivity index (χ4v) is 2.21. The molecule has 0 fully saturated rings. The zero-order chi connectivity index (χ0) is 15.2. The highest BCUT2D eigenvalue weighted by Crippen LogP contribution is 2.14. The van der Waals surface area contributed by atoms with E-state index >= 15 is 0 Å². The first kappa shape index (κ1) is 14.3. The summed E-state index contributed by atoms with van der Waals surface area (Å²) < 4.78 is 0. The maximum atomic E-state index is 4.27. The van der Waals surface area contributed by atoms with Crippen molar-refractivity contribution in [1.82, 2.24) is 20.3 Å². The molecular weight excluding hydrogens is 296 g/mol. The Kier molecular flexibility index (Phi) is 4.45. The molecule has 3 rings (SSSR count). The summed E-state index contributed by atoms with van der Waals surface area (Å²) in [6.07, 6.45) is 3.77. The minimum absolute atomic E-state index is 0.461. The molecule has 0 aliphatic rings. The van der Waals surface area contributed by atoms with Crippen LogP contribution < -0.4 is 5.32 Å². The van der Waals surface area contributed by atoms with Crippen molar-refractivity contribution in [1.29, 1.82) is 0 Å². The molecule has 1 aromatic heterocycles. The van der Waals surface area contributed by atoms with Gasteiger partial charge in [0, 0.05) is 10.6 Å². The first-order valence-corrected chi connectivity index (χ1v) is 7.86. The second-order valence-electron chi connectivity index (χ2n) is 4.40. The fraction of sp³-hybridized carbons (Fsp3) is 0.0667. The van der Waals surface area contributed by atoms with Crippen LogP contribution >= 0.6 is 11.8 Å². The van der Waals surface area contributed by atoms with Crippen LogP contribution in [-0.4, -0.2) is 32.8 Å².